The molecular formula is C19H26O3. The lowest BCUT2D eigenvalue weighted by Gasteiger charge is -2.53. The molecule has 3 heteroatoms. The van der Waals surface area contributed by atoms with E-state index in [9.17, 15) is 9.59 Å². The van der Waals surface area contributed by atoms with Gasteiger partial charge in [0.25, 0.3) is 0 Å². The van der Waals surface area contributed by atoms with E-state index in [4.69, 9.17) is 4.74 Å². The van der Waals surface area contributed by atoms with Gasteiger partial charge in [0.05, 0.1) is 6.61 Å². The molecule has 0 aromatic carbocycles. The van der Waals surface area contributed by atoms with E-state index in [1.165, 1.54) is 5.57 Å². The van der Waals surface area contributed by atoms with Crippen LogP contribution in [0.25, 0.3) is 0 Å². The first kappa shape index (κ1) is 15.5. The minimum Gasteiger partial charge on any atom is -0.462 e. The fourth-order valence-corrected chi connectivity index (χ4v) is 4.92. The number of carbonyl (C=O) groups excluding carboxylic acids is 2. The Balaban J connectivity index is 1.83. The first-order chi connectivity index (χ1) is 10.4. The van der Waals surface area contributed by atoms with Crippen LogP contribution < -0.4 is 0 Å². The van der Waals surface area contributed by atoms with Crippen LogP contribution in [0.3, 0.4) is 0 Å². The van der Waals surface area contributed by atoms with Gasteiger partial charge < -0.3 is 4.74 Å². The van der Waals surface area contributed by atoms with Crippen LogP contribution in [-0.4, -0.2) is 18.4 Å². The second kappa shape index (κ2) is 5.68. The van der Waals surface area contributed by atoms with Crippen molar-refractivity contribution in [2.45, 2.75) is 52.4 Å². The summed E-state index contributed by atoms with van der Waals surface area (Å²) in [5.41, 5.74) is 2.25. The van der Waals surface area contributed by atoms with Gasteiger partial charge in [-0.05, 0) is 42.9 Å². The second-order valence-corrected chi connectivity index (χ2v) is 7.47. The van der Waals surface area contributed by atoms with Crippen molar-refractivity contribution in [2.75, 3.05) is 6.61 Å². The van der Waals surface area contributed by atoms with Crippen LogP contribution in [0, 0.1) is 23.2 Å². The SMILES string of the molecule is C=C1CC[C@@H]2[C@@H](C)C(=O)CC[C@@]2(C)[C@@H]1C/C=C1/CCOC1=O. The maximum atomic E-state index is 12.1. The maximum Gasteiger partial charge on any atom is 0.333 e. The van der Waals surface area contributed by atoms with E-state index in [0.717, 1.165) is 37.7 Å². The zero-order chi connectivity index (χ0) is 15.9. The van der Waals surface area contributed by atoms with Crippen molar-refractivity contribution >= 4 is 11.8 Å². The van der Waals surface area contributed by atoms with E-state index < -0.39 is 0 Å². The molecule has 3 rings (SSSR count). The minimum absolute atomic E-state index is 0.141. The summed E-state index contributed by atoms with van der Waals surface area (Å²) in [6.07, 6.45) is 7.40. The molecule has 120 valence electrons. The van der Waals surface area contributed by atoms with Crippen molar-refractivity contribution in [1.82, 2.24) is 0 Å². The van der Waals surface area contributed by atoms with Gasteiger partial charge in [0.1, 0.15) is 5.78 Å². The Morgan fingerprint density at radius 2 is 2.09 bits per heavy atom. The van der Waals surface area contributed by atoms with Crippen molar-refractivity contribution in [3.63, 3.8) is 0 Å². The van der Waals surface area contributed by atoms with Crippen molar-refractivity contribution < 1.29 is 14.3 Å². The number of fused-ring (bicyclic) bond motifs is 1. The van der Waals surface area contributed by atoms with E-state index in [1.54, 1.807) is 0 Å². The van der Waals surface area contributed by atoms with Crippen molar-refractivity contribution in [1.29, 1.82) is 0 Å². The molecule has 0 spiro atoms. The van der Waals surface area contributed by atoms with Gasteiger partial charge in [0.15, 0.2) is 0 Å². The lowest BCUT2D eigenvalue weighted by atomic mass is 9.51. The highest BCUT2D eigenvalue weighted by Crippen LogP contribution is 2.57. The monoisotopic (exact) mass is 302 g/mol. The van der Waals surface area contributed by atoms with Gasteiger partial charge in [-0.2, -0.15) is 0 Å². The number of hydrogen-bond acceptors (Lipinski definition) is 3. The van der Waals surface area contributed by atoms with Crippen LogP contribution in [-0.2, 0) is 14.3 Å². The van der Waals surface area contributed by atoms with Crippen LogP contribution in [0.15, 0.2) is 23.8 Å². The molecule has 1 saturated heterocycles. The molecule has 3 nitrogen and oxygen atoms in total. The highest BCUT2D eigenvalue weighted by atomic mass is 16.5. The number of carbonyl (C=O) groups is 2. The lowest BCUT2D eigenvalue weighted by Crippen LogP contribution is -2.48. The van der Waals surface area contributed by atoms with Gasteiger partial charge in [-0.1, -0.05) is 32.1 Å². The molecule has 22 heavy (non-hydrogen) atoms. The molecule has 0 amide bonds. The topological polar surface area (TPSA) is 43.4 Å². The molecule has 2 saturated carbocycles. The highest BCUT2D eigenvalue weighted by Gasteiger charge is 2.50. The van der Waals surface area contributed by atoms with Crippen molar-refractivity contribution in [3.05, 3.63) is 23.8 Å². The molecule has 0 unspecified atom stereocenters. The third-order valence-corrected chi connectivity index (χ3v) is 6.40. The number of cyclic esters (lactones) is 1. The van der Waals surface area contributed by atoms with Gasteiger partial charge in [0.2, 0.25) is 0 Å². The summed E-state index contributed by atoms with van der Waals surface area (Å²) >= 11 is 0. The third-order valence-electron chi connectivity index (χ3n) is 6.40. The third kappa shape index (κ3) is 2.45. The average molecular weight is 302 g/mol. The zero-order valence-electron chi connectivity index (χ0n) is 13.7. The molecule has 4 atom stereocenters. The molecule has 0 bridgehead atoms. The molecule has 1 heterocycles. The van der Waals surface area contributed by atoms with Gasteiger partial charge in [0, 0.05) is 24.3 Å². The van der Waals surface area contributed by atoms with E-state index in [1.807, 2.05) is 0 Å². The van der Waals surface area contributed by atoms with Gasteiger partial charge in [-0.3, -0.25) is 4.79 Å². The van der Waals surface area contributed by atoms with Crippen LogP contribution >= 0.6 is 0 Å². The first-order valence-electron chi connectivity index (χ1n) is 8.50. The second-order valence-electron chi connectivity index (χ2n) is 7.47. The lowest BCUT2D eigenvalue weighted by molar-refractivity contribution is -0.135. The molecule has 2 aliphatic carbocycles. The fourth-order valence-electron chi connectivity index (χ4n) is 4.92. The van der Waals surface area contributed by atoms with E-state index in [-0.39, 0.29) is 17.3 Å². The van der Waals surface area contributed by atoms with Crippen molar-refractivity contribution in [3.8, 4) is 0 Å². The first-order valence-corrected chi connectivity index (χ1v) is 8.50. The summed E-state index contributed by atoms with van der Waals surface area (Å²) in [7, 11) is 0. The zero-order valence-corrected chi connectivity index (χ0v) is 13.7. The molecule has 0 aromatic rings. The summed E-state index contributed by atoms with van der Waals surface area (Å²) < 4.78 is 5.02. The van der Waals surface area contributed by atoms with Crippen LogP contribution in [0.1, 0.15) is 52.4 Å². The van der Waals surface area contributed by atoms with E-state index in [0.29, 0.717) is 30.6 Å². The summed E-state index contributed by atoms with van der Waals surface area (Å²) in [5, 5.41) is 0. The summed E-state index contributed by atoms with van der Waals surface area (Å²) in [4.78, 5) is 23.7. The number of esters is 1. The maximum absolute atomic E-state index is 12.1. The number of hydrogen-bond donors (Lipinski definition) is 0. The number of rotatable bonds is 2. The normalized spacial score (nSPS) is 40.7. The summed E-state index contributed by atoms with van der Waals surface area (Å²) in [6, 6.07) is 0. The predicted molar refractivity (Wildman–Crippen MR) is 85.1 cm³/mol. The fraction of sp³-hybridized carbons (Fsp3) is 0.684. The Kier molecular flexibility index (Phi) is 4.00. The number of ketones is 1. The Morgan fingerprint density at radius 3 is 2.77 bits per heavy atom. The Morgan fingerprint density at radius 1 is 1.32 bits per heavy atom. The molecule has 1 aliphatic heterocycles. The number of allylic oxidation sites excluding steroid dienone is 2. The van der Waals surface area contributed by atoms with E-state index >= 15 is 0 Å². The Hall–Kier alpha value is -1.38. The molecule has 3 aliphatic rings. The van der Waals surface area contributed by atoms with Crippen LogP contribution in [0.4, 0.5) is 0 Å². The van der Waals surface area contributed by atoms with Gasteiger partial charge in [-0.25, -0.2) is 4.79 Å². The van der Waals surface area contributed by atoms with E-state index in [2.05, 4.69) is 26.5 Å². The van der Waals surface area contributed by atoms with Gasteiger partial charge in [-0.15, -0.1) is 0 Å². The molecule has 0 N–H and O–H groups in total. The predicted octanol–water partition coefficient (Wildman–Crippen LogP) is 3.84. The van der Waals surface area contributed by atoms with Crippen LogP contribution in [0.2, 0.25) is 0 Å². The largest absolute Gasteiger partial charge is 0.462 e. The summed E-state index contributed by atoms with van der Waals surface area (Å²) in [5.74, 6) is 1.26. The molecule has 3 fully saturated rings. The number of ether oxygens (including phenoxy) is 1. The smallest absolute Gasteiger partial charge is 0.333 e. The Labute approximate surface area is 132 Å². The van der Waals surface area contributed by atoms with Crippen molar-refractivity contribution in [2.24, 2.45) is 23.2 Å². The molecular weight excluding hydrogens is 276 g/mol. The molecule has 0 radical (unpaired) electrons. The number of Topliss-reactive ketones (excluding diaryl/α,β-unsaturated/α-hetero) is 1. The minimum atomic E-state index is -0.157. The quantitative estimate of drug-likeness (QED) is 0.442. The van der Waals surface area contributed by atoms with Crippen LogP contribution in [0.5, 0.6) is 0 Å². The Bertz CT molecular complexity index is 545. The average Bonchev–Trinajstić information content (AvgIpc) is 2.88. The standard InChI is InChI=1S/C19H26O3/c1-12-4-6-16-13(2)17(20)8-10-19(16,3)15(12)7-5-14-9-11-22-18(14)21/h5,13,15-16H,1,4,6-11H2,2-3H3/b14-5-/t13-,15-,16-,19+/m1/s1. The highest BCUT2D eigenvalue weighted by molar-refractivity contribution is 5.90. The molecule has 0 aromatic heterocycles. The summed E-state index contributed by atoms with van der Waals surface area (Å²) in [6.45, 7) is 9.26. The van der Waals surface area contributed by atoms with Gasteiger partial charge >= 0.3 is 5.97 Å².